The van der Waals surface area contributed by atoms with Crippen LogP contribution >= 0.6 is 0 Å². The summed E-state index contributed by atoms with van der Waals surface area (Å²) >= 11 is 0. The van der Waals surface area contributed by atoms with Crippen LogP contribution in [0, 0.1) is 11.3 Å². The quantitative estimate of drug-likeness (QED) is 0.108. The lowest BCUT2D eigenvalue weighted by Crippen LogP contribution is -2.33. The van der Waals surface area contributed by atoms with E-state index >= 15 is 0 Å². The number of nitrogens with zero attached hydrogens (tertiary/aromatic N) is 5. The Kier molecular flexibility index (Phi) is 11.0. The number of nitrogens with one attached hydrogen (secondary N) is 1. The zero-order chi connectivity index (χ0) is 30.9. The van der Waals surface area contributed by atoms with Crippen molar-refractivity contribution >= 4 is 27.9 Å². The van der Waals surface area contributed by atoms with E-state index < -0.39 is 24.4 Å². The van der Waals surface area contributed by atoms with Gasteiger partial charge in [-0.05, 0) is 78.8 Å². The molecule has 4 N–H and O–H groups in total. The predicted molar refractivity (Wildman–Crippen MR) is 163 cm³/mol. The molecule has 0 radical (unpaired) electrons. The van der Waals surface area contributed by atoms with Crippen molar-refractivity contribution in [2.24, 2.45) is 0 Å². The van der Waals surface area contributed by atoms with E-state index in [1.54, 1.807) is 26.1 Å². The number of aliphatic hydroxyl groups excluding tert-OH is 3. The molecule has 1 fully saturated rings. The number of rotatable bonds is 12. The summed E-state index contributed by atoms with van der Waals surface area (Å²) in [4.78, 5) is 15.4. The van der Waals surface area contributed by atoms with E-state index in [0.717, 1.165) is 29.4 Å². The SMILES string of the molecule is C/C=C(/Cn1cc(CNC(=O)/C(C#N)=C(\C)c2ccc3cc(N4CCCCC4)ccc3c2)nn1)[C@@H](O)[C@H](O)C[C@H](O)OC. The lowest BCUT2D eigenvalue weighted by atomic mass is 9.98. The minimum absolute atomic E-state index is 0.0169. The maximum atomic E-state index is 13.0. The first-order chi connectivity index (χ1) is 20.7. The van der Waals surface area contributed by atoms with Crippen molar-refractivity contribution in [1.29, 1.82) is 5.26 Å². The van der Waals surface area contributed by atoms with Gasteiger partial charge in [0.15, 0.2) is 6.29 Å². The van der Waals surface area contributed by atoms with Gasteiger partial charge < -0.3 is 30.3 Å². The number of amides is 1. The average Bonchev–Trinajstić information content (AvgIpc) is 3.49. The number of piperidine rings is 1. The molecule has 43 heavy (non-hydrogen) atoms. The summed E-state index contributed by atoms with van der Waals surface area (Å²) in [5.41, 5.74) is 3.55. The van der Waals surface area contributed by atoms with Crippen molar-refractivity contribution in [3.63, 3.8) is 0 Å². The largest absolute Gasteiger partial charge is 0.390 e. The summed E-state index contributed by atoms with van der Waals surface area (Å²) in [6.07, 6.45) is 3.16. The van der Waals surface area contributed by atoms with E-state index in [0.29, 0.717) is 16.8 Å². The Morgan fingerprint density at radius 1 is 1.14 bits per heavy atom. The monoisotopic (exact) mass is 588 g/mol. The summed E-state index contributed by atoms with van der Waals surface area (Å²) in [5, 5.41) is 53.1. The van der Waals surface area contributed by atoms with Crippen molar-refractivity contribution in [1.82, 2.24) is 20.3 Å². The summed E-state index contributed by atoms with van der Waals surface area (Å²) in [5.74, 6) is -0.514. The van der Waals surface area contributed by atoms with Crippen molar-refractivity contribution in [3.05, 3.63) is 71.1 Å². The maximum Gasteiger partial charge on any atom is 0.262 e. The molecule has 3 atom stereocenters. The first-order valence-corrected chi connectivity index (χ1v) is 14.5. The Balaban J connectivity index is 1.39. The molecule has 1 amide bonds. The number of allylic oxidation sites excluding steroid dienone is 2. The molecule has 0 aliphatic carbocycles. The van der Waals surface area contributed by atoms with Crippen molar-refractivity contribution in [2.45, 2.75) is 71.1 Å². The van der Waals surface area contributed by atoms with E-state index in [-0.39, 0.29) is 25.1 Å². The molecule has 11 heteroatoms. The highest BCUT2D eigenvalue weighted by molar-refractivity contribution is 6.05. The number of carbonyl (C=O) groups excluding carboxylic acids is 1. The first kappa shape index (κ1) is 31.8. The van der Waals surface area contributed by atoms with Crippen LogP contribution in [-0.4, -0.2) is 74.9 Å². The molecule has 0 bridgehead atoms. The fourth-order valence-corrected chi connectivity index (χ4v) is 5.24. The molecule has 2 heterocycles. The normalized spacial score (nSPS) is 16.8. The Labute approximate surface area is 251 Å². The van der Waals surface area contributed by atoms with Crippen molar-refractivity contribution < 1.29 is 24.9 Å². The molecular formula is C32H40N6O5. The van der Waals surface area contributed by atoms with Gasteiger partial charge in [-0.2, -0.15) is 5.26 Å². The van der Waals surface area contributed by atoms with Crippen LogP contribution in [-0.2, 0) is 22.6 Å². The second-order valence-electron chi connectivity index (χ2n) is 10.8. The lowest BCUT2D eigenvalue weighted by molar-refractivity contribution is -0.117. The van der Waals surface area contributed by atoms with E-state index in [1.807, 2.05) is 18.2 Å². The van der Waals surface area contributed by atoms with E-state index in [1.165, 1.54) is 36.7 Å². The Hall–Kier alpha value is -4.08. The molecule has 228 valence electrons. The highest BCUT2D eigenvalue weighted by Crippen LogP contribution is 2.28. The molecule has 11 nitrogen and oxygen atoms in total. The van der Waals surface area contributed by atoms with Gasteiger partial charge in [-0.25, -0.2) is 4.68 Å². The zero-order valence-electron chi connectivity index (χ0n) is 24.9. The van der Waals surface area contributed by atoms with Crippen LogP contribution in [0.25, 0.3) is 16.3 Å². The fourth-order valence-electron chi connectivity index (χ4n) is 5.24. The van der Waals surface area contributed by atoms with Crippen LogP contribution in [0.5, 0.6) is 0 Å². The van der Waals surface area contributed by atoms with Gasteiger partial charge in [-0.15, -0.1) is 5.10 Å². The van der Waals surface area contributed by atoms with Gasteiger partial charge in [0.25, 0.3) is 5.91 Å². The highest BCUT2D eigenvalue weighted by atomic mass is 16.6. The molecule has 0 unspecified atom stereocenters. The van der Waals surface area contributed by atoms with Gasteiger partial charge in [0.05, 0.1) is 25.4 Å². The lowest BCUT2D eigenvalue weighted by Gasteiger charge is -2.29. The van der Waals surface area contributed by atoms with Crippen LogP contribution in [0.3, 0.4) is 0 Å². The number of nitriles is 1. The number of carbonyl (C=O) groups is 1. The van der Waals surface area contributed by atoms with Gasteiger partial charge in [-0.3, -0.25) is 4.79 Å². The van der Waals surface area contributed by atoms with E-state index in [4.69, 9.17) is 4.74 Å². The van der Waals surface area contributed by atoms with Gasteiger partial charge in [-0.1, -0.05) is 29.5 Å². The van der Waals surface area contributed by atoms with Crippen LogP contribution < -0.4 is 10.2 Å². The molecule has 1 aliphatic rings. The second kappa shape index (κ2) is 14.9. The molecule has 1 aliphatic heterocycles. The molecule has 3 aromatic rings. The number of anilines is 1. The molecular weight excluding hydrogens is 548 g/mol. The molecule has 4 rings (SSSR count). The van der Waals surface area contributed by atoms with Crippen molar-refractivity contribution in [2.75, 3.05) is 25.1 Å². The van der Waals surface area contributed by atoms with Crippen LogP contribution in [0.2, 0.25) is 0 Å². The van der Waals surface area contributed by atoms with Crippen LogP contribution in [0.1, 0.15) is 50.8 Å². The smallest absolute Gasteiger partial charge is 0.262 e. The number of hydrogen-bond acceptors (Lipinski definition) is 9. The summed E-state index contributed by atoms with van der Waals surface area (Å²) in [6.45, 7) is 5.83. The predicted octanol–water partition coefficient (Wildman–Crippen LogP) is 3.06. The molecule has 1 aromatic heterocycles. The third-order valence-corrected chi connectivity index (χ3v) is 7.88. The Morgan fingerprint density at radius 2 is 1.86 bits per heavy atom. The number of aromatic nitrogens is 3. The third-order valence-electron chi connectivity index (χ3n) is 7.88. The minimum atomic E-state index is -1.24. The summed E-state index contributed by atoms with van der Waals surface area (Å²) in [7, 11) is 1.31. The summed E-state index contributed by atoms with van der Waals surface area (Å²) < 4.78 is 6.20. The van der Waals surface area contributed by atoms with Gasteiger partial charge >= 0.3 is 0 Å². The Bertz CT molecular complexity index is 1520. The molecule has 0 spiro atoms. The second-order valence-corrected chi connectivity index (χ2v) is 10.8. The van der Waals surface area contributed by atoms with E-state index in [2.05, 4.69) is 44.8 Å². The van der Waals surface area contributed by atoms with E-state index in [9.17, 15) is 25.4 Å². The number of fused-ring (bicyclic) bond motifs is 1. The third kappa shape index (κ3) is 8.06. The van der Waals surface area contributed by atoms with Crippen molar-refractivity contribution in [3.8, 4) is 6.07 Å². The minimum Gasteiger partial charge on any atom is -0.390 e. The topological polar surface area (TPSA) is 157 Å². The fraction of sp³-hybridized carbons (Fsp3) is 0.438. The zero-order valence-corrected chi connectivity index (χ0v) is 24.9. The van der Waals surface area contributed by atoms with Gasteiger partial charge in [0.2, 0.25) is 0 Å². The average molecular weight is 589 g/mol. The molecule has 1 saturated heterocycles. The van der Waals surface area contributed by atoms with Gasteiger partial charge in [0, 0.05) is 32.3 Å². The number of hydrogen-bond donors (Lipinski definition) is 4. The number of benzene rings is 2. The highest BCUT2D eigenvalue weighted by Gasteiger charge is 2.24. The Morgan fingerprint density at radius 3 is 2.56 bits per heavy atom. The van der Waals surface area contributed by atoms with Gasteiger partial charge in [0.1, 0.15) is 23.4 Å². The summed E-state index contributed by atoms with van der Waals surface area (Å²) in [6, 6.07) is 14.4. The number of ether oxygens (including phenoxy) is 1. The number of methoxy groups -OCH3 is 1. The molecule has 2 aromatic carbocycles. The standard InChI is InChI=1S/C32H40N6O5/c1-4-22(31(41)29(39)16-30(40)43-3)19-38-20-26(35-36-38)18-34-32(42)28(17-33)21(2)23-8-9-25-15-27(11-10-24(25)14-23)37-12-6-5-7-13-37/h4,8-11,14-15,20,29-31,39-41H,5-7,12-13,16,18-19H2,1-3H3,(H,34,42)/b22-4-,28-21+/t29-,30-,31-/m1/s1. The van der Waals surface area contributed by atoms with Crippen LogP contribution in [0.4, 0.5) is 5.69 Å². The number of aliphatic hydroxyl groups is 3. The maximum absolute atomic E-state index is 13.0. The van der Waals surface area contributed by atoms with Crippen LogP contribution in [0.15, 0.2) is 59.8 Å². The molecule has 0 saturated carbocycles. The first-order valence-electron chi connectivity index (χ1n) is 14.5.